The lowest BCUT2D eigenvalue weighted by Gasteiger charge is -2.42. The van der Waals surface area contributed by atoms with E-state index < -0.39 is 0 Å². The molecule has 0 radical (unpaired) electrons. The summed E-state index contributed by atoms with van der Waals surface area (Å²) in [5.41, 5.74) is 0.476. The Bertz CT molecular complexity index is 238. The van der Waals surface area contributed by atoms with Crippen LogP contribution in [0, 0.1) is 5.41 Å². The number of nitrogens with zero attached hydrogens (tertiary/aromatic N) is 1. The molecule has 1 saturated heterocycles. The summed E-state index contributed by atoms with van der Waals surface area (Å²) >= 11 is 0. The zero-order valence-corrected chi connectivity index (χ0v) is 11.7. The van der Waals surface area contributed by atoms with Gasteiger partial charge in [-0.25, -0.2) is 0 Å². The Labute approximate surface area is 106 Å². The molecule has 2 aliphatic rings. The fraction of sp³-hybridized carbons (Fsp3) is 1.00. The van der Waals surface area contributed by atoms with E-state index in [-0.39, 0.29) is 0 Å². The molecule has 2 rings (SSSR count). The molecule has 3 nitrogen and oxygen atoms in total. The number of methoxy groups -OCH3 is 1. The predicted octanol–water partition coefficient (Wildman–Crippen LogP) is 1.88. The maximum atomic E-state index is 5.40. The van der Waals surface area contributed by atoms with E-state index >= 15 is 0 Å². The fourth-order valence-corrected chi connectivity index (χ4v) is 2.86. The van der Waals surface area contributed by atoms with Gasteiger partial charge < -0.3 is 10.1 Å². The SMILES string of the molecule is COCC(CNC1CC1)N1CCCC(C)(C)C1. The van der Waals surface area contributed by atoms with Gasteiger partial charge in [0.1, 0.15) is 0 Å². The van der Waals surface area contributed by atoms with Crippen molar-refractivity contribution in [2.75, 3.05) is 33.4 Å². The minimum Gasteiger partial charge on any atom is -0.383 e. The van der Waals surface area contributed by atoms with Gasteiger partial charge in [0.25, 0.3) is 0 Å². The van der Waals surface area contributed by atoms with Crippen LogP contribution < -0.4 is 5.32 Å². The van der Waals surface area contributed by atoms with Gasteiger partial charge in [-0.15, -0.1) is 0 Å². The molecule has 1 aliphatic carbocycles. The largest absolute Gasteiger partial charge is 0.383 e. The van der Waals surface area contributed by atoms with Gasteiger partial charge in [-0.1, -0.05) is 13.8 Å². The van der Waals surface area contributed by atoms with Gasteiger partial charge in [-0.2, -0.15) is 0 Å². The van der Waals surface area contributed by atoms with Crippen LogP contribution in [0.4, 0.5) is 0 Å². The number of hydrogen-bond donors (Lipinski definition) is 1. The van der Waals surface area contributed by atoms with Crippen LogP contribution in [0.2, 0.25) is 0 Å². The number of nitrogens with one attached hydrogen (secondary N) is 1. The Morgan fingerprint density at radius 2 is 2.18 bits per heavy atom. The van der Waals surface area contributed by atoms with Gasteiger partial charge in [0.05, 0.1) is 6.61 Å². The van der Waals surface area contributed by atoms with Crippen LogP contribution in [-0.4, -0.2) is 50.3 Å². The lowest BCUT2D eigenvalue weighted by Crippen LogP contribution is -2.51. The quantitative estimate of drug-likeness (QED) is 0.767. The van der Waals surface area contributed by atoms with Crippen molar-refractivity contribution in [3.05, 3.63) is 0 Å². The summed E-state index contributed by atoms with van der Waals surface area (Å²) in [6.07, 6.45) is 5.42. The normalized spacial score (nSPS) is 27.0. The predicted molar refractivity (Wildman–Crippen MR) is 71.3 cm³/mol. The third kappa shape index (κ3) is 4.23. The van der Waals surface area contributed by atoms with Crippen molar-refractivity contribution in [3.63, 3.8) is 0 Å². The Morgan fingerprint density at radius 3 is 2.76 bits per heavy atom. The van der Waals surface area contributed by atoms with Crippen LogP contribution in [0.1, 0.15) is 39.5 Å². The molecular formula is C14H28N2O. The maximum Gasteiger partial charge on any atom is 0.0630 e. The number of rotatable bonds is 6. The first-order valence-electron chi connectivity index (χ1n) is 7.07. The molecule has 1 atom stereocenters. The molecule has 0 aromatic carbocycles. The number of hydrogen-bond acceptors (Lipinski definition) is 3. The number of piperidine rings is 1. The maximum absolute atomic E-state index is 5.40. The zero-order valence-electron chi connectivity index (χ0n) is 11.7. The molecule has 17 heavy (non-hydrogen) atoms. The molecule has 3 heteroatoms. The van der Waals surface area contributed by atoms with E-state index in [0.717, 1.165) is 19.2 Å². The third-order valence-electron chi connectivity index (χ3n) is 4.02. The Morgan fingerprint density at radius 1 is 1.41 bits per heavy atom. The van der Waals surface area contributed by atoms with Crippen LogP contribution >= 0.6 is 0 Å². The molecule has 0 amide bonds. The molecule has 1 aliphatic heterocycles. The van der Waals surface area contributed by atoms with E-state index in [9.17, 15) is 0 Å². The lowest BCUT2D eigenvalue weighted by molar-refractivity contribution is 0.0355. The third-order valence-corrected chi connectivity index (χ3v) is 4.02. The van der Waals surface area contributed by atoms with E-state index in [1.807, 2.05) is 7.11 Å². The van der Waals surface area contributed by atoms with Gasteiger partial charge in [0.2, 0.25) is 0 Å². The summed E-state index contributed by atoms with van der Waals surface area (Å²) < 4.78 is 5.40. The summed E-state index contributed by atoms with van der Waals surface area (Å²) in [4.78, 5) is 2.63. The molecule has 1 unspecified atom stereocenters. The Hall–Kier alpha value is -0.120. The van der Waals surface area contributed by atoms with Crippen molar-refractivity contribution >= 4 is 0 Å². The standard InChI is InChI=1S/C14H28N2O/c1-14(2)7-4-8-16(11-14)13(10-17-3)9-15-12-5-6-12/h12-13,15H,4-11H2,1-3H3. The topological polar surface area (TPSA) is 24.5 Å². The van der Waals surface area contributed by atoms with Crippen LogP contribution in [-0.2, 0) is 4.74 Å². The minimum absolute atomic E-state index is 0.476. The summed E-state index contributed by atoms with van der Waals surface area (Å²) in [6, 6.07) is 1.35. The number of likely N-dealkylation sites (tertiary alicyclic amines) is 1. The van der Waals surface area contributed by atoms with Gasteiger partial charge in [-0.3, -0.25) is 4.90 Å². The molecule has 1 N–H and O–H groups in total. The van der Waals surface area contributed by atoms with E-state index in [0.29, 0.717) is 11.5 Å². The highest BCUT2D eigenvalue weighted by atomic mass is 16.5. The van der Waals surface area contributed by atoms with Gasteiger partial charge in [0.15, 0.2) is 0 Å². The molecule has 100 valence electrons. The highest BCUT2D eigenvalue weighted by Gasteiger charge is 2.31. The number of ether oxygens (including phenoxy) is 1. The van der Waals surface area contributed by atoms with Crippen LogP contribution in [0.5, 0.6) is 0 Å². The zero-order chi connectivity index (χ0) is 12.3. The first-order valence-corrected chi connectivity index (χ1v) is 7.07. The monoisotopic (exact) mass is 240 g/mol. The second kappa shape index (κ2) is 5.68. The summed E-state index contributed by atoms with van der Waals surface area (Å²) in [5.74, 6) is 0. The average molecular weight is 240 g/mol. The smallest absolute Gasteiger partial charge is 0.0630 e. The van der Waals surface area contributed by atoms with Gasteiger partial charge in [-0.05, 0) is 37.6 Å². The summed E-state index contributed by atoms with van der Waals surface area (Å²) in [5, 5.41) is 3.64. The van der Waals surface area contributed by atoms with Crippen molar-refractivity contribution < 1.29 is 4.74 Å². The molecular weight excluding hydrogens is 212 g/mol. The highest BCUT2D eigenvalue weighted by molar-refractivity contribution is 4.88. The first-order chi connectivity index (χ1) is 8.11. The first kappa shape index (κ1) is 13.3. The van der Waals surface area contributed by atoms with Crippen LogP contribution in [0.15, 0.2) is 0 Å². The van der Waals surface area contributed by atoms with E-state index in [1.54, 1.807) is 0 Å². The van der Waals surface area contributed by atoms with Crippen molar-refractivity contribution in [3.8, 4) is 0 Å². The second-order valence-electron chi connectivity index (χ2n) is 6.53. The van der Waals surface area contributed by atoms with Crippen LogP contribution in [0.25, 0.3) is 0 Å². The molecule has 0 bridgehead atoms. The lowest BCUT2D eigenvalue weighted by atomic mass is 9.83. The average Bonchev–Trinajstić information content (AvgIpc) is 3.06. The molecule has 1 heterocycles. The highest BCUT2D eigenvalue weighted by Crippen LogP contribution is 2.29. The van der Waals surface area contributed by atoms with E-state index in [4.69, 9.17) is 4.74 Å². The van der Waals surface area contributed by atoms with Crippen LogP contribution in [0.3, 0.4) is 0 Å². The molecule has 0 spiro atoms. The molecule has 2 fully saturated rings. The molecule has 0 aromatic heterocycles. The van der Waals surface area contributed by atoms with Crippen molar-refractivity contribution in [2.24, 2.45) is 5.41 Å². The second-order valence-corrected chi connectivity index (χ2v) is 6.53. The fourth-order valence-electron chi connectivity index (χ4n) is 2.86. The summed E-state index contributed by atoms with van der Waals surface area (Å²) in [7, 11) is 1.82. The van der Waals surface area contributed by atoms with Crippen molar-refractivity contribution in [1.82, 2.24) is 10.2 Å². The summed E-state index contributed by atoms with van der Waals surface area (Å²) in [6.45, 7) is 9.18. The van der Waals surface area contributed by atoms with Gasteiger partial charge >= 0.3 is 0 Å². The Balaban J connectivity index is 1.84. The molecule has 0 aromatic rings. The van der Waals surface area contributed by atoms with Crippen molar-refractivity contribution in [1.29, 1.82) is 0 Å². The van der Waals surface area contributed by atoms with E-state index in [2.05, 4.69) is 24.1 Å². The minimum atomic E-state index is 0.476. The molecule has 1 saturated carbocycles. The van der Waals surface area contributed by atoms with Gasteiger partial charge in [0, 0.05) is 32.3 Å². The Kier molecular flexibility index (Phi) is 4.45. The van der Waals surface area contributed by atoms with Crippen molar-refractivity contribution in [2.45, 2.75) is 51.6 Å². The van der Waals surface area contributed by atoms with E-state index in [1.165, 1.54) is 38.8 Å².